The van der Waals surface area contributed by atoms with Gasteiger partial charge in [-0.2, -0.15) is 0 Å². The number of hydrogen-bond acceptors (Lipinski definition) is 5. The zero-order valence-corrected chi connectivity index (χ0v) is 17.6. The van der Waals surface area contributed by atoms with E-state index in [1.807, 2.05) is 57.4 Å². The number of benzene rings is 2. The molecule has 1 amide bonds. The van der Waals surface area contributed by atoms with Gasteiger partial charge in [0.05, 0.1) is 6.61 Å². The smallest absolute Gasteiger partial charge is 0.407 e. The molecule has 0 fully saturated rings. The highest BCUT2D eigenvalue weighted by Crippen LogP contribution is 2.29. The minimum Gasteiger partial charge on any atom is -0.508 e. The molecule has 0 radical (unpaired) electrons. The molecule has 30 heavy (non-hydrogen) atoms. The summed E-state index contributed by atoms with van der Waals surface area (Å²) in [4.78, 5) is 15.9. The third-order valence-electron chi connectivity index (χ3n) is 4.41. The molecule has 0 saturated heterocycles. The Morgan fingerprint density at radius 1 is 1.10 bits per heavy atom. The van der Waals surface area contributed by atoms with Gasteiger partial charge in [-0.3, -0.25) is 4.98 Å². The number of rotatable bonds is 7. The van der Waals surface area contributed by atoms with Crippen molar-refractivity contribution in [3.05, 3.63) is 60.4 Å². The predicted molar refractivity (Wildman–Crippen MR) is 117 cm³/mol. The van der Waals surface area contributed by atoms with Crippen LogP contribution in [-0.2, 0) is 16.1 Å². The van der Waals surface area contributed by atoms with E-state index in [1.54, 1.807) is 12.1 Å². The average Bonchev–Trinajstić information content (AvgIpc) is 2.69. The SMILES string of the molecule is CC(C)(C)OC(=O)NCCCOCc1ccc2cncc(-c3ccc(O)cc3)c2c1. The van der Waals surface area contributed by atoms with Gasteiger partial charge in [0.1, 0.15) is 11.4 Å². The summed E-state index contributed by atoms with van der Waals surface area (Å²) in [7, 11) is 0. The highest BCUT2D eigenvalue weighted by molar-refractivity contribution is 5.96. The molecule has 3 rings (SSSR count). The lowest BCUT2D eigenvalue weighted by Gasteiger charge is -2.19. The maximum Gasteiger partial charge on any atom is 0.407 e. The van der Waals surface area contributed by atoms with Crippen molar-refractivity contribution >= 4 is 16.9 Å². The van der Waals surface area contributed by atoms with E-state index in [-0.39, 0.29) is 5.75 Å². The summed E-state index contributed by atoms with van der Waals surface area (Å²) in [5.41, 5.74) is 2.58. The summed E-state index contributed by atoms with van der Waals surface area (Å²) in [6, 6.07) is 13.3. The molecule has 0 bridgehead atoms. The number of pyridine rings is 1. The van der Waals surface area contributed by atoms with E-state index >= 15 is 0 Å². The Morgan fingerprint density at radius 3 is 2.60 bits per heavy atom. The molecule has 0 atom stereocenters. The fraction of sp³-hybridized carbons (Fsp3) is 0.333. The van der Waals surface area contributed by atoms with Crippen molar-refractivity contribution in [3.8, 4) is 16.9 Å². The van der Waals surface area contributed by atoms with Crippen LogP contribution < -0.4 is 5.32 Å². The van der Waals surface area contributed by atoms with Gasteiger partial charge in [0.25, 0.3) is 0 Å². The van der Waals surface area contributed by atoms with Crippen molar-refractivity contribution in [2.75, 3.05) is 13.2 Å². The molecule has 1 heterocycles. The number of aromatic hydroxyl groups is 1. The third-order valence-corrected chi connectivity index (χ3v) is 4.41. The fourth-order valence-electron chi connectivity index (χ4n) is 3.04. The number of hydrogen-bond donors (Lipinski definition) is 2. The second-order valence-corrected chi connectivity index (χ2v) is 8.12. The van der Waals surface area contributed by atoms with Gasteiger partial charge in [-0.15, -0.1) is 0 Å². The number of aromatic nitrogens is 1. The Kier molecular flexibility index (Phi) is 6.90. The third kappa shape index (κ3) is 6.19. The van der Waals surface area contributed by atoms with Crippen LogP contribution >= 0.6 is 0 Å². The largest absolute Gasteiger partial charge is 0.508 e. The number of carbonyl (C=O) groups is 1. The average molecular weight is 408 g/mol. The van der Waals surface area contributed by atoms with Crippen molar-refractivity contribution < 1.29 is 19.4 Å². The second-order valence-electron chi connectivity index (χ2n) is 8.12. The van der Waals surface area contributed by atoms with Crippen LogP contribution in [0.15, 0.2) is 54.9 Å². The molecule has 1 aromatic heterocycles. The van der Waals surface area contributed by atoms with Crippen molar-refractivity contribution in [2.45, 2.75) is 39.4 Å². The Morgan fingerprint density at radius 2 is 1.87 bits per heavy atom. The van der Waals surface area contributed by atoms with E-state index in [1.165, 1.54) is 0 Å². The van der Waals surface area contributed by atoms with Crippen LogP contribution in [0, 0.1) is 0 Å². The zero-order valence-electron chi connectivity index (χ0n) is 17.6. The van der Waals surface area contributed by atoms with Crippen LogP contribution in [-0.4, -0.2) is 34.9 Å². The first-order chi connectivity index (χ1) is 14.3. The summed E-state index contributed by atoms with van der Waals surface area (Å²) in [5, 5.41) is 14.4. The van der Waals surface area contributed by atoms with Crippen LogP contribution in [0.1, 0.15) is 32.8 Å². The molecule has 0 saturated carbocycles. The number of nitrogens with one attached hydrogen (secondary N) is 1. The minimum atomic E-state index is -0.495. The number of carbonyl (C=O) groups excluding carboxylic acids is 1. The molecule has 6 nitrogen and oxygen atoms in total. The topological polar surface area (TPSA) is 80.7 Å². The van der Waals surface area contributed by atoms with Gasteiger partial charge in [-0.25, -0.2) is 4.79 Å². The van der Waals surface area contributed by atoms with Crippen LogP contribution in [0.3, 0.4) is 0 Å². The van der Waals surface area contributed by atoms with Gasteiger partial charge in [-0.05, 0) is 61.9 Å². The predicted octanol–water partition coefficient (Wildman–Crippen LogP) is 5.04. The molecule has 0 spiro atoms. The van der Waals surface area contributed by atoms with Crippen LogP contribution in [0.25, 0.3) is 21.9 Å². The monoisotopic (exact) mass is 408 g/mol. The molecular formula is C24H28N2O4. The molecule has 0 aliphatic rings. The lowest BCUT2D eigenvalue weighted by atomic mass is 9.99. The second kappa shape index (κ2) is 9.59. The highest BCUT2D eigenvalue weighted by Gasteiger charge is 2.15. The number of alkyl carbamates (subject to hydrolysis) is 1. The number of nitrogens with zero attached hydrogens (tertiary/aromatic N) is 1. The van der Waals surface area contributed by atoms with Crippen LogP contribution in [0.4, 0.5) is 4.79 Å². The quantitative estimate of drug-likeness (QED) is 0.536. The Bertz CT molecular complexity index is 994. The fourth-order valence-corrected chi connectivity index (χ4v) is 3.04. The van der Waals surface area contributed by atoms with Crippen molar-refractivity contribution in [3.63, 3.8) is 0 Å². The van der Waals surface area contributed by atoms with Gasteiger partial charge in [0, 0.05) is 36.5 Å². The summed E-state index contributed by atoms with van der Waals surface area (Å²) < 4.78 is 11.0. The highest BCUT2D eigenvalue weighted by atomic mass is 16.6. The van der Waals surface area contributed by atoms with Crippen molar-refractivity contribution in [1.82, 2.24) is 10.3 Å². The maximum absolute atomic E-state index is 11.6. The van der Waals surface area contributed by atoms with E-state index in [9.17, 15) is 9.90 Å². The van der Waals surface area contributed by atoms with Gasteiger partial charge >= 0.3 is 6.09 Å². The van der Waals surface area contributed by atoms with Crippen molar-refractivity contribution in [2.24, 2.45) is 0 Å². The van der Waals surface area contributed by atoms with Gasteiger partial charge < -0.3 is 19.9 Å². The molecule has 3 aromatic rings. The van der Waals surface area contributed by atoms with Crippen LogP contribution in [0.5, 0.6) is 5.75 Å². The van der Waals surface area contributed by atoms with Gasteiger partial charge in [0.15, 0.2) is 0 Å². The van der Waals surface area contributed by atoms with E-state index in [2.05, 4.69) is 16.4 Å². The molecule has 6 heteroatoms. The number of ether oxygens (including phenoxy) is 2. The molecule has 158 valence electrons. The number of amides is 1. The first kappa shape index (κ1) is 21.6. The normalized spacial score (nSPS) is 11.4. The van der Waals surface area contributed by atoms with Crippen LogP contribution in [0.2, 0.25) is 0 Å². The lowest BCUT2D eigenvalue weighted by molar-refractivity contribution is 0.0518. The van der Waals surface area contributed by atoms with Gasteiger partial charge in [0.2, 0.25) is 0 Å². The van der Waals surface area contributed by atoms with E-state index in [0.29, 0.717) is 26.2 Å². The van der Waals surface area contributed by atoms with E-state index in [0.717, 1.165) is 27.5 Å². The number of phenolic OH excluding ortho intramolecular Hbond substituents is 1. The molecule has 2 N–H and O–H groups in total. The Hall–Kier alpha value is -3.12. The summed E-state index contributed by atoms with van der Waals surface area (Å²) >= 11 is 0. The van der Waals surface area contributed by atoms with E-state index in [4.69, 9.17) is 9.47 Å². The molecular weight excluding hydrogens is 380 g/mol. The summed E-state index contributed by atoms with van der Waals surface area (Å²) in [5.74, 6) is 0.238. The van der Waals surface area contributed by atoms with Gasteiger partial charge in [-0.1, -0.05) is 24.3 Å². The number of phenols is 1. The maximum atomic E-state index is 11.6. The number of fused-ring (bicyclic) bond motifs is 1. The Labute approximate surface area is 176 Å². The molecule has 0 aliphatic heterocycles. The molecule has 2 aromatic carbocycles. The first-order valence-corrected chi connectivity index (χ1v) is 10.0. The Balaban J connectivity index is 1.55. The lowest BCUT2D eigenvalue weighted by Crippen LogP contribution is -2.33. The minimum absolute atomic E-state index is 0.238. The van der Waals surface area contributed by atoms with E-state index < -0.39 is 11.7 Å². The molecule has 0 aliphatic carbocycles. The summed E-state index contributed by atoms with van der Waals surface area (Å²) in [6.07, 6.45) is 3.97. The standard InChI is InChI=1S/C24H28N2O4/c1-24(2,3)30-23(28)26-11-4-12-29-16-17-5-6-19-14-25-15-22(21(19)13-17)18-7-9-20(27)10-8-18/h5-10,13-15,27H,4,11-12,16H2,1-3H3,(H,26,28). The first-order valence-electron chi connectivity index (χ1n) is 10.0. The van der Waals surface area contributed by atoms with Crippen molar-refractivity contribution in [1.29, 1.82) is 0 Å². The summed E-state index contributed by atoms with van der Waals surface area (Å²) in [6.45, 7) is 7.03. The molecule has 0 unspecified atom stereocenters. The zero-order chi connectivity index (χ0) is 21.6.